The van der Waals surface area contributed by atoms with E-state index in [-0.39, 0.29) is 12.0 Å². The summed E-state index contributed by atoms with van der Waals surface area (Å²) >= 11 is 0. The summed E-state index contributed by atoms with van der Waals surface area (Å²) in [5.41, 5.74) is 19.5. The molecular weight excluding hydrogens is 284 g/mol. The minimum absolute atomic E-state index is 0.143. The number of hydrogen-bond donors (Lipinski definition) is 2. The van der Waals surface area contributed by atoms with Gasteiger partial charge in [0.2, 0.25) is 0 Å². The molecule has 0 fully saturated rings. The summed E-state index contributed by atoms with van der Waals surface area (Å²) in [6.07, 6.45) is 2.00. The van der Waals surface area contributed by atoms with E-state index < -0.39 is 0 Å². The zero-order valence-corrected chi connectivity index (χ0v) is 13.7. The Hall–Kier alpha value is -2.62. The maximum absolute atomic E-state index is 7.47. The molecule has 0 saturated heterocycles. The first kappa shape index (κ1) is 16.7. The highest BCUT2D eigenvalue weighted by Gasteiger charge is 2.08. The van der Waals surface area contributed by atoms with Crippen LogP contribution < -0.4 is 0 Å². The molecule has 2 atom stereocenters. The van der Waals surface area contributed by atoms with Crippen molar-refractivity contribution >= 4 is 5.70 Å². The van der Waals surface area contributed by atoms with Crippen LogP contribution in [0.3, 0.4) is 0 Å². The zero-order valence-electron chi connectivity index (χ0n) is 13.7. The van der Waals surface area contributed by atoms with Gasteiger partial charge >= 0.3 is 0 Å². The van der Waals surface area contributed by atoms with Gasteiger partial charge in [0.25, 0.3) is 0 Å². The van der Waals surface area contributed by atoms with E-state index in [2.05, 4.69) is 48.3 Å². The van der Waals surface area contributed by atoms with Crippen LogP contribution in [0.5, 0.6) is 0 Å². The van der Waals surface area contributed by atoms with Gasteiger partial charge in [0.15, 0.2) is 0 Å². The van der Waals surface area contributed by atoms with Crippen molar-refractivity contribution in [1.29, 1.82) is 11.1 Å². The van der Waals surface area contributed by atoms with E-state index in [1.54, 1.807) is 0 Å². The third kappa shape index (κ3) is 4.19. The molecule has 2 N–H and O–H groups in total. The van der Waals surface area contributed by atoms with Gasteiger partial charge in [-0.2, -0.15) is 10.2 Å². The predicted octanol–water partition coefficient (Wildman–Crippen LogP) is 6.26. The molecule has 0 radical (unpaired) electrons. The van der Waals surface area contributed by atoms with E-state index >= 15 is 0 Å². The van der Waals surface area contributed by atoms with Gasteiger partial charge in [-0.25, -0.2) is 11.1 Å². The first-order chi connectivity index (χ1) is 11.0. The average molecular weight is 306 g/mol. The third-order valence-corrected chi connectivity index (χ3v) is 4.01. The van der Waals surface area contributed by atoms with E-state index in [9.17, 15) is 0 Å². The van der Waals surface area contributed by atoms with Crippen LogP contribution in [0.2, 0.25) is 0 Å². The monoisotopic (exact) mass is 306 g/mol. The van der Waals surface area contributed by atoms with Gasteiger partial charge in [-0.15, -0.1) is 0 Å². The van der Waals surface area contributed by atoms with Gasteiger partial charge in [-0.3, -0.25) is 0 Å². The lowest BCUT2D eigenvalue weighted by Gasteiger charge is -2.10. The third-order valence-electron chi connectivity index (χ3n) is 4.01. The van der Waals surface area contributed by atoms with Crippen LogP contribution >= 0.6 is 0 Å². The molecule has 0 heterocycles. The van der Waals surface area contributed by atoms with Crippen LogP contribution in [-0.2, 0) is 0 Å². The van der Waals surface area contributed by atoms with Gasteiger partial charge in [-0.1, -0.05) is 61.0 Å². The second-order valence-corrected chi connectivity index (χ2v) is 5.79. The zero-order chi connectivity index (χ0) is 16.8. The fraction of sp³-hybridized carbons (Fsp3) is 0.263. The van der Waals surface area contributed by atoms with E-state index in [1.807, 2.05) is 37.3 Å². The molecule has 0 saturated carbocycles. The lowest BCUT2D eigenvalue weighted by Crippen LogP contribution is -1.93. The van der Waals surface area contributed by atoms with Crippen molar-refractivity contribution in [3.63, 3.8) is 0 Å². The van der Waals surface area contributed by atoms with Crippen LogP contribution in [0.4, 0.5) is 0 Å². The van der Waals surface area contributed by atoms with Gasteiger partial charge in [0, 0.05) is 11.5 Å². The second kappa shape index (κ2) is 7.58. The average Bonchev–Trinajstić information content (AvgIpc) is 2.59. The minimum Gasteiger partial charge on any atom is -0.209 e. The van der Waals surface area contributed by atoms with Crippen molar-refractivity contribution in [3.05, 3.63) is 76.9 Å². The lowest BCUT2D eigenvalue weighted by atomic mass is 9.97. The molecule has 0 amide bonds. The number of nitrogens with one attached hydrogen (secondary N) is 2. The highest BCUT2D eigenvalue weighted by Crippen LogP contribution is 2.26. The molecule has 0 aliphatic carbocycles. The van der Waals surface area contributed by atoms with Crippen LogP contribution in [-0.4, -0.2) is 0 Å². The van der Waals surface area contributed by atoms with Crippen molar-refractivity contribution in [2.24, 2.45) is 10.2 Å². The molecule has 2 rings (SSSR count). The molecule has 118 valence electrons. The Morgan fingerprint density at radius 2 is 1.48 bits per heavy atom. The standard InChI is InChI=1S/C19H22N4/c1-13-4-6-16(7-5-13)14(2)12-19(23-21)18-10-8-17(9-11-18)15(3)22-20/h4-12,14-15,20-21H,1-3H3/b19-12-,22-20?,23-21?. The number of rotatable bonds is 6. The summed E-state index contributed by atoms with van der Waals surface area (Å²) in [4.78, 5) is 0. The minimum atomic E-state index is -0.143. The highest BCUT2D eigenvalue weighted by atomic mass is 15.0. The lowest BCUT2D eigenvalue weighted by molar-refractivity contribution is 0.734. The molecule has 0 aromatic heterocycles. The van der Waals surface area contributed by atoms with E-state index in [4.69, 9.17) is 11.1 Å². The number of allylic oxidation sites excluding steroid dienone is 1. The number of hydrogen-bond acceptors (Lipinski definition) is 4. The van der Waals surface area contributed by atoms with E-state index in [1.165, 1.54) is 11.1 Å². The van der Waals surface area contributed by atoms with Crippen molar-refractivity contribution in [2.75, 3.05) is 0 Å². The molecule has 0 bridgehead atoms. The fourth-order valence-electron chi connectivity index (χ4n) is 2.41. The molecular formula is C19H22N4. The fourth-order valence-corrected chi connectivity index (χ4v) is 2.41. The number of aryl methyl sites for hydroxylation is 1. The van der Waals surface area contributed by atoms with Gasteiger partial charge in [0.05, 0.1) is 11.7 Å². The first-order valence-electron chi connectivity index (χ1n) is 7.68. The summed E-state index contributed by atoms with van der Waals surface area (Å²) in [5.74, 6) is 0.182. The van der Waals surface area contributed by atoms with Crippen molar-refractivity contribution in [2.45, 2.75) is 32.7 Å². The normalized spacial score (nSPS) is 14.1. The topological polar surface area (TPSA) is 72.4 Å². The quantitative estimate of drug-likeness (QED) is 0.591. The predicted molar refractivity (Wildman–Crippen MR) is 92.7 cm³/mol. The first-order valence-corrected chi connectivity index (χ1v) is 7.68. The summed E-state index contributed by atoms with van der Waals surface area (Å²) < 4.78 is 0. The van der Waals surface area contributed by atoms with Gasteiger partial charge in [-0.05, 0) is 31.1 Å². The molecule has 0 aliphatic heterocycles. The summed E-state index contributed by atoms with van der Waals surface area (Å²) in [6.45, 7) is 6.05. The highest BCUT2D eigenvalue weighted by molar-refractivity contribution is 5.65. The van der Waals surface area contributed by atoms with Gasteiger partial charge in [0.1, 0.15) is 0 Å². The van der Waals surface area contributed by atoms with Crippen LogP contribution in [0.15, 0.2) is 64.8 Å². The van der Waals surface area contributed by atoms with Crippen molar-refractivity contribution in [3.8, 4) is 0 Å². The van der Waals surface area contributed by atoms with Crippen molar-refractivity contribution in [1.82, 2.24) is 0 Å². The molecule has 2 unspecified atom stereocenters. The van der Waals surface area contributed by atoms with Crippen LogP contribution in [0, 0.1) is 18.0 Å². The molecule has 2 aromatic carbocycles. The van der Waals surface area contributed by atoms with Crippen LogP contribution in [0.25, 0.3) is 5.70 Å². The Morgan fingerprint density at radius 3 is 2.00 bits per heavy atom. The molecule has 23 heavy (non-hydrogen) atoms. The second-order valence-electron chi connectivity index (χ2n) is 5.79. The Labute approximate surface area is 137 Å². The number of benzene rings is 2. The molecule has 4 nitrogen and oxygen atoms in total. The number of nitrogens with zero attached hydrogens (tertiary/aromatic N) is 2. The molecule has 0 aliphatic rings. The largest absolute Gasteiger partial charge is 0.209 e. The van der Waals surface area contributed by atoms with Crippen LogP contribution in [0.1, 0.15) is 48.1 Å². The van der Waals surface area contributed by atoms with Crippen molar-refractivity contribution < 1.29 is 0 Å². The van der Waals surface area contributed by atoms with Gasteiger partial charge < -0.3 is 0 Å². The summed E-state index contributed by atoms with van der Waals surface area (Å²) in [6, 6.07) is 16.0. The SMILES string of the molecule is Cc1ccc(C(C)/C=C(\N=N)c2ccc(C(C)N=N)cc2)cc1. The molecule has 0 spiro atoms. The molecule has 4 heteroatoms. The Morgan fingerprint density at radius 1 is 0.913 bits per heavy atom. The maximum atomic E-state index is 7.47. The smallest absolute Gasteiger partial charge is 0.0927 e. The Bertz CT molecular complexity index is 699. The Balaban J connectivity index is 2.25. The molecule has 2 aromatic rings. The van der Waals surface area contributed by atoms with E-state index in [0.717, 1.165) is 11.1 Å². The Kier molecular flexibility index (Phi) is 5.52. The summed E-state index contributed by atoms with van der Waals surface area (Å²) in [7, 11) is 0. The maximum Gasteiger partial charge on any atom is 0.0927 e. The van der Waals surface area contributed by atoms with E-state index in [0.29, 0.717) is 5.70 Å². The summed E-state index contributed by atoms with van der Waals surface area (Å²) in [5, 5.41) is 7.21.